The van der Waals surface area contributed by atoms with Gasteiger partial charge in [-0.1, -0.05) is 6.07 Å². The van der Waals surface area contributed by atoms with Crippen LogP contribution in [0, 0.1) is 6.92 Å². The molecule has 0 fully saturated rings. The fraction of sp³-hybridized carbons (Fsp3) is 0.333. The van der Waals surface area contributed by atoms with Crippen LogP contribution in [-0.4, -0.2) is 21.5 Å². The molecule has 0 amide bonds. The highest BCUT2D eigenvalue weighted by Gasteiger charge is 1.96. The van der Waals surface area contributed by atoms with E-state index in [9.17, 15) is 0 Å². The third-order valence-electron chi connectivity index (χ3n) is 2.34. The van der Waals surface area contributed by atoms with E-state index >= 15 is 0 Å². The van der Waals surface area contributed by atoms with Crippen molar-refractivity contribution >= 4 is 5.82 Å². The minimum absolute atomic E-state index is 0.914. The van der Waals surface area contributed by atoms with Crippen molar-refractivity contribution in [3.8, 4) is 0 Å². The summed E-state index contributed by atoms with van der Waals surface area (Å²) >= 11 is 0. The molecule has 4 nitrogen and oxygen atoms in total. The maximum Gasteiger partial charge on any atom is 0.126 e. The Morgan fingerprint density at radius 1 is 1.38 bits per heavy atom. The molecule has 0 aliphatic heterocycles. The van der Waals surface area contributed by atoms with Gasteiger partial charge >= 0.3 is 0 Å². The second-order valence-electron chi connectivity index (χ2n) is 3.73. The lowest BCUT2D eigenvalue weighted by Gasteiger charge is -2.05. The van der Waals surface area contributed by atoms with E-state index < -0.39 is 0 Å². The van der Waals surface area contributed by atoms with Crippen LogP contribution in [0.15, 0.2) is 30.6 Å². The lowest BCUT2D eigenvalue weighted by Crippen LogP contribution is -2.05. The van der Waals surface area contributed by atoms with Gasteiger partial charge in [-0.15, -0.1) is 0 Å². The van der Waals surface area contributed by atoms with Gasteiger partial charge in [-0.05, 0) is 25.5 Å². The van der Waals surface area contributed by atoms with Crippen molar-refractivity contribution in [3.63, 3.8) is 0 Å². The maximum absolute atomic E-state index is 4.37. The summed E-state index contributed by atoms with van der Waals surface area (Å²) < 4.78 is 0. The fourth-order valence-electron chi connectivity index (χ4n) is 1.55. The van der Waals surface area contributed by atoms with E-state index in [4.69, 9.17) is 0 Å². The minimum Gasteiger partial charge on any atom is -0.370 e. The van der Waals surface area contributed by atoms with E-state index in [1.54, 1.807) is 6.20 Å². The average Bonchev–Trinajstić information content (AvgIpc) is 2.77. The first kappa shape index (κ1) is 10.7. The monoisotopic (exact) mass is 216 g/mol. The van der Waals surface area contributed by atoms with Gasteiger partial charge < -0.3 is 10.3 Å². The number of rotatable bonds is 5. The zero-order valence-electron chi connectivity index (χ0n) is 9.40. The molecule has 0 saturated carbocycles. The molecule has 2 aromatic rings. The van der Waals surface area contributed by atoms with Crippen molar-refractivity contribution in [1.29, 1.82) is 0 Å². The summed E-state index contributed by atoms with van der Waals surface area (Å²) in [4.78, 5) is 11.6. The van der Waals surface area contributed by atoms with Crippen molar-refractivity contribution in [2.45, 2.75) is 19.8 Å². The lowest BCUT2D eigenvalue weighted by atomic mass is 10.3. The number of aromatic nitrogens is 3. The summed E-state index contributed by atoms with van der Waals surface area (Å²) in [6.45, 7) is 2.91. The second kappa shape index (κ2) is 5.30. The van der Waals surface area contributed by atoms with Crippen LogP contribution in [0.1, 0.15) is 17.9 Å². The topological polar surface area (TPSA) is 53.6 Å². The molecule has 16 heavy (non-hydrogen) atoms. The van der Waals surface area contributed by atoms with Gasteiger partial charge in [0.05, 0.1) is 0 Å². The van der Waals surface area contributed by atoms with Crippen molar-refractivity contribution < 1.29 is 0 Å². The molecule has 2 aromatic heterocycles. The second-order valence-corrected chi connectivity index (χ2v) is 3.73. The maximum atomic E-state index is 4.37. The van der Waals surface area contributed by atoms with Gasteiger partial charge in [-0.25, -0.2) is 9.97 Å². The highest BCUT2D eigenvalue weighted by Crippen LogP contribution is 2.04. The zero-order valence-corrected chi connectivity index (χ0v) is 9.40. The van der Waals surface area contributed by atoms with Gasteiger partial charge in [0.25, 0.3) is 0 Å². The van der Waals surface area contributed by atoms with Gasteiger partial charge in [0, 0.05) is 31.1 Å². The van der Waals surface area contributed by atoms with Crippen LogP contribution in [0.5, 0.6) is 0 Å². The van der Waals surface area contributed by atoms with Crippen molar-refractivity contribution in [3.05, 3.63) is 42.1 Å². The molecule has 2 rings (SSSR count). The van der Waals surface area contributed by atoms with E-state index in [-0.39, 0.29) is 0 Å². The standard InChI is InChI=1S/C12H16N4/c1-10-4-2-5-12(16-10)13-7-3-6-11-14-8-9-15-11/h2,4-5,8-9H,3,6-7H2,1H3,(H,13,16)(H,14,15). The number of hydrogen-bond donors (Lipinski definition) is 2. The molecule has 2 N–H and O–H groups in total. The highest BCUT2D eigenvalue weighted by atomic mass is 15.0. The molecule has 84 valence electrons. The molecule has 0 spiro atoms. The number of anilines is 1. The third kappa shape index (κ3) is 3.08. The van der Waals surface area contributed by atoms with Crippen LogP contribution in [0.25, 0.3) is 0 Å². The van der Waals surface area contributed by atoms with Gasteiger partial charge in [-0.3, -0.25) is 0 Å². The Kier molecular flexibility index (Phi) is 3.53. The van der Waals surface area contributed by atoms with Crippen LogP contribution in [0.4, 0.5) is 5.82 Å². The number of H-pyrrole nitrogens is 1. The summed E-state index contributed by atoms with van der Waals surface area (Å²) in [5, 5.41) is 3.30. The van der Waals surface area contributed by atoms with Crippen LogP contribution >= 0.6 is 0 Å². The van der Waals surface area contributed by atoms with Crippen LogP contribution in [0.2, 0.25) is 0 Å². The molecule has 0 bridgehead atoms. The first-order valence-corrected chi connectivity index (χ1v) is 5.50. The predicted octanol–water partition coefficient (Wildman–Crippen LogP) is 2.16. The zero-order chi connectivity index (χ0) is 11.2. The van der Waals surface area contributed by atoms with Crippen molar-refractivity contribution in [2.24, 2.45) is 0 Å². The van der Waals surface area contributed by atoms with E-state index in [1.165, 1.54) is 0 Å². The Hall–Kier alpha value is -1.84. The summed E-state index contributed by atoms with van der Waals surface area (Å²) in [6, 6.07) is 5.99. The molecule has 0 unspecified atom stereocenters. The Bertz CT molecular complexity index is 422. The van der Waals surface area contributed by atoms with Gasteiger partial charge in [-0.2, -0.15) is 0 Å². The van der Waals surface area contributed by atoms with E-state index in [0.717, 1.165) is 36.7 Å². The SMILES string of the molecule is Cc1cccc(NCCCc2ncc[nH]2)n1. The van der Waals surface area contributed by atoms with E-state index in [2.05, 4.69) is 20.3 Å². The first-order chi connectivity index (χ1) is 7.84. The summed E-state index contributed by atoms with van der Waals surface area (Å²) in [5.41, 5.74) is 1.04. The van der Waals surface area contributed by atoms with Crippen LogP contribution in [0.3, 0.4) is 0 Å². The average molecular weight is 216 g/mol. The Morgan fingerprint density at radius 3 is 3.06 bits per heavy atom. The molecule has 0 saturated heterocycles. The van der Waals surface area contributed by atoms with Gasteiger partial charge in [0.15, 0.2) is 0 Å². The predicted molar refractivity (Wildman–Crippen MR) is 64.4 cm³/mol. The fourth-order valence-corrected chi connectivity index (χ4v) is 1.55. The van der Waals surface area contributed by atoms with Gasteiger partial charge in [0.1, 0.15) is 11.6 Å². The Labute approximate surface area is 95.1 Å². The number of aromatic amines is 1. The summed E-state index contributed by atoms with van der Waals surface area (Å²) in [6.07, 6.45) is 5.64. The largest absolute Gasteiger partial charge is 0.370 e. The third-order valence-corrected chi connectivity index (χ3v) is 2.34. The molecule has 0 aliphatic carbocycles. The number of imidazole rings is 1. The van der Waals surface area contributed by atoms with Crippen molar-refractivity contribution in [1.82, 2.24) is 15.0 Å². The number of pyridine rings is 1. The Morgan fingerprint density at radius 2 is 2.31 bits per heavy atom. The van der Waals surface area contributed by atoms with E-state index in [1.807, 2.05) is 31.3 Å². The number of hydrogen-bond acceptors (Lipinski definition) is 3. The number of nitrogens with one attached hydrogen (secondary N) is 2. The lowest BCUT2D eigenvalue weighted by molar-refractivity contribution is 0.813. The first-order valence-electron chi connectivity index (χ1n) is 5.50. The smallest absolute Gasteiger partial charge is 0.126 e. The molecule has 2 heterocycles. The molecule has 0 aliphatic rings. The number of aryl methyl sites for hydroxylation is 2. The molecule has 0 radical (unpaired) electrons. The summed E-state index contributed by atoms with van der Waals surface area (Å²) in [5.74, 6) is 1.98. The molecular formula is C12H16N4. The highest BCUT2D eigenvalue weighted by molar-refractivity contribution is 5.34. The Balaban J connectivity index is 1.72. The molecule has 4 heteroatoms. The quantitative estimate of drug-likeness (QED) is 0.753. The van der Waals surface area contributed by atoms with Crippen molar-refractivity contribution in [2.75, 3.05) is 11.9 Å². The molecular weight excluding hydrogens is 200 g/mol. The number of nitrogens with zero attached hydrogens (tertiary/aromatic N) is 2. The molecule has 0 atom stereocenters. The van der Waals surface area contributed by atoms with Crippen LogP contribution in [-0.2, 0) is 6.42 Å². The minimum atomic E-state index is 0.914. The molecule has 0 aromatic carbocycles. The van der Waals surface area contributed by atoms with Gasteiger partial charge in [0.2, 0.25) is 0 Å². The summed E-state index contributed by atoms with van der Waals surface area (Å²) in [7, 11) is 0. The van der Waals surface area contributed by atoms with Crippen LogP contribution < -0.4 is 5.32 Å². The van der Waals surface area contributed by atoms with E-state index in [0.29, 0.717) is 0 Å². The normalized spacial score (nSPS) is 10.3.